The third-order valence-electron chi connectivity index (χ3n) is 8.29. The smallest absolute Gasteiger partial charge is 0.126 e. The molecule has 5 rings (SSSR count). The van der Waals surface area contributed by atoms with Crippen molar-refractivity contribution in [2.45, 2.75) is 50.5 Å². The number of quaternary nitrogens is 1. The molecule has 1 aliphatic carbocycles. The lowest BCUT2D eigenvalue weighted by atomic mass is 9.63. The molecule has 0 radical (unpaired) electrons. The van der Waals surface area contributed by atoms with Crippen LogP contribution in [0.4, 0.5) is 0 Å². The molecule has 2 heteroatoms. The van der Waals surface area contributed by atoms with Crippen LogP contribution in [0.25, 0.3) is 0 Å². The zero-order valence-corrected chi connectivity index (χ0v) is 17.0. The molecule has 2 saturated heterocycles. The SMILES string of the molecule is OC(c1ccccc1)(c1ccccc1)C12CC[N+](CC3CCCCC3)(CC1)C2. The van der Waals surface area contributed by atoms with E-state index in [0.29, 0.717) is 0 Å². The number of fused-ring (bicyclic) bond motifs is 2. The van der Waals surface area contributed by atoms with E-state index >= 15 is 0 Å². The van der Waals surface area contributed by atoms with Crippen LogP contribution in [0.2, 0.25) is 0 Å². The summed E-state index contributed by atoms with van der Waals surface area (Å²) in [4.78, 5) is 0. The molecule has 1 saturated carbocycles. The highest BCUT2D eigenvalue weighted by molar-refractivity contribution is 5.39. The summed E-state index contributed by atoms with van der Waals surface area (Å²) in [6, 6.07) is 21.0. The number of aliphatic hydroxyl groups is 1. The van der Waals surface area contributed by atoms with E-state index in [1.807, 2.05) is 0 Å². The number of hydrogen-bond donors (Lipinski definition) is 1. The van der Waals surface area contributed by atoms with Gasteiger partial charge in [-0.1, -0.05) is 79.9 Å². The number of benzene rings is 2. The molecule has 148 valence electrons. The first-order valence-corrected chi connectivity index (χ1v) is 11.3. The summed E-state index contributed by atoms with van der Waals surface area (Å²) in [5.74, 6) is 0.907. The lowest BCUT2D eigenvalue weighted by Crippen LogP contribution is -2.48. The third kappa shape index (κ3) is 2.84. The van der Waals surface area contributed by atoms with Gasteiger partial charge in [0.05, 0.1) is 31.6 Å². The molecule has 0 spiro atoms. The number of hydrogen-bond acceptors (Lipinski definition) is 1. The molecule has 2 bridgehead atoms. The Kier molecular flexibility index (Phi) is 4.60. The van der Waals surface area contributed by atoms with Crippen molar-refractivity contribution in [3.05, 3.63) is 71.8 Å². The fourth-order valence-electron chi connectivity index (χ4n) is 6.88. The van der Waals surface area contributed by atoms with Crippen molar-refractivity contribution >= 4 is 0 Å². The highest BCUT2D eigenvalue weighted by Crippen LogP contribution is 2.58. The maximum atomic E-state index is 12.4. The van der Waals surface area contributed by atoms with Gasteiger partial charge in [0.1, 0.15) is 5.60 Å². The summed E-state index contributed by atoms with van der Waals surface area (Å²) >= 11 is 0. The molecule has 0 atom stereocenters. The minimum atomic E-state index is -0.890. The van der Waals surface area contributed by atoms with Crippen LogP contribution in [0.5, 0.6) is 0 Å². The molecule has 1 N–H and O–H groups in total. The monoisotopic (exact) mass is 376 g/mol. The van der Waals surface area contributed by atoms with Crippen LogP contribution in [-0.4, -0.2) is 35.8 Å². The van der Waals surface area contributed by atoms with Crippen molar-refractivity contribution in [2.75, 3.05) is 26.2 Å². The Labute approximate surface area is 169 Å². The minimum absolute atomic E-state index is 0.0373. The van der Waals surface area contributed by atoms with Crippen molar-refractivity contribution in [3.8, 4) is 0 Å². The maximum Gasteiger partial charge on any atom is 0.126 e. The molecule has 0 unspecified atom stereocenters. The lowest BCUT2D eigenvalue weighted by Gasteiger charge is -2.42. The van der Waals surface area contributed by atoms with Gasteiger partial charge in [-0.05, 0) is 24.0 Å². The normalized spacial score (nSPS) is 30.6. The Hall–Kier alpha value is -1.64. The molecule has 2 aromatic rings. The number of piperidine rings is 1. The predicted octanol–water partition coefficient (Wildman–Crippen LogP) is 5.11. The van der Waals surface area contributed by atoms with E-state index in [2.05, 4.69) is 60.7 Å². The molecule has 2 aliphatic heterocycles. The topological polar surface area (TPSA) is 20.2 Å². The maximum absolute atomic E-state index is 12.4. The van der Waals surface area contributed by atoms with Gasteiger partial charge in [-0.15, -0.1) is 0 Å². The van der Waals surface area contributed by atoms with E-state index in [-0.39, 0.29) is 5.41 Å². The Morgan fingerprint density at radius 1 is 0.821 bits per heavy atom. The molecule has 2 heterocycles. The van der Waals surface area contributed by atoms with Gasteiger partial charge < -0.3 is 9.59 Å². The second-order valence-electron chi connectivity index (χ2n) is 9.86. The van der Waals surface area contributed by atoms with E-state index in [4.69, 9.17) is 0 Å². The van der Waals surface area contributed by atoms with Gasteiger partial charge in [0, 0.05) is 18.8 Å². The predicted molar refractivity (Wildman–Crippen MR) is 114 cm³/mol. The van der Waals surface area contributed by atoms with Crippen LogP contribution in [0.3, 0.4) is 0 Å². The summed E-state index contributed by atoms with van der Waals surface area (Å²) in [5.41, 5.74) is 1.21. The van der Waals surface area contributed by atoms with Gasteiger partial charge in [0.2, 0.25) is 0 Å². The fourth-order valence-corrected chi connectivity index (χ4v) is 6.88. The summed E-state index contributed by atoms with van der Waals surface area (Å²) in [7, 11) is 0. The van der Waals surface area contributed by atoms with Gasteiger partial charge in [-0.25, -0.2) is 0 Å². The first kappa shape index (κ1) is 18.4. The largest absolute Gasteiger partial charge is 0.380 e. The number of nitrogens with zero attached hydrogens (tertiary/aromatic N) is 1. The molecule has 2 aromatic carbocycles. The molecule has 28 heavy (non-hydrogen) atoms. The first-order valence-electron chi connectivity index (χ1n) is 11.3. The van der Waals surface area contributed by atoms with E-state index in [9.17, 15) is 5.11 Å². The van der Waals surface area contributed by atoms with Crippen molar-refractivity contribution in [2.24, 2.45) is 11.3 Å². The highest BCUT2D eigenvalue weighted by Gasteiger charge is 2.65. The van der Waals surface area contributed by atoms with Gasteiger partial charge >= 0.3 is 0 Å². The van der Waals surface area contributed by atoms with Gasteiger partial charge in [-0.2, -0.15) is 0 Å². The van der Waals surface area contributed by atoms with E-state index in [1.54, 1.807) is 0 Å². The van der Waals surface area contributed by atoms with Crippen LogP contribution in [0.15, 0.2) is 60.7 Å². The van der Waals surface area contributed by atoms with Crippen LogP contribution in [0, 0.1) is 11.3 Å². The average molecular weight is 377 g/mol. The molecule has 0 amide bonds. The standard InChI is InChI=1S/C26H34NO/c28-26(23-12-6-2-7-13-23,24-14-8-3-9-15-24)25-16-18-27(21-25,19-17-25)20-22-10-4-1-5-11-22/h2-3,6-9,12-15,22,28H,1,4-5,10-11,16-21H2/q+1. The van der Waals surface area contributed by atoms with Gasteiger partial charge in [0.25, 0.3) is 0 Å². The molecule has 0 aromatic heterocycles. The molecule has 3 aliphatic rings. The molecule has 2 nitrogen and oxygen atoms in total. The summed E-state index contributed by atoms with van der Waals surface area (Å²) < 4.78 is 1.26. The molecular weight excluding hydrogens is 342 g/mol. The Balaban J connectivity index is 1.50. The van der Waals surface area contributed by atoms with Crippen molar-refractivity contribution in [1.82, 2.24) is 0 Å². The highest BCUT2D eigenvalue weighted by atomic mass is 16.3. The van der Waals surface area contributed by atoms with Crippen molar-refractivity contribution in [3.63, 3.8) is 0 Å². The van der Waals surface area contributed by atoms with Crippen LogP contribution in [0.1, 0.15) is 56.1 Å². The van der Waals surface area contributed by atoms with Gasteiger partial charge in [-0.3, -0.25) is 0 Å². The fraction of sp³-hybridized carbons (Fsp3) is 0.538. The van der Waals surface area contributed by atoms with Crippen molar-refractivity contribution < 1.29 is 9.59 Å². The quantitative estimate of drug-likeness (QED) is 0.719. The average Bonchev–Trinajstić information content (AvgIpc) is 3.32. The summed E-state index contributed by atoms with van der Waals surface area (Å²) in [5, 5.41) is 12.4. The first-order chi connectivity index (χ1) is 13.7. The van der Waals surface area contributed by atoms with E-state index in [0.717, 1.165) is 36.4 Å². The number of rotatable bonds is 5. The molecule has 3 fully saturated rings. The molecular formula is C26H34NO+. The Bertz CT molecular complexity index is 746. The van der Waals surface area contributed by atoms with Crippen molar-refractivity contribution in [1.29, 1.82) is 0 Å². The van der Waals surface area contributed by atoms with E-state index < -0.39 is 5.60 Å². The third-order valence-corrected chi connectivity index (χ3v) is 8.29. The van der Waals surface area contributed by atoms with Crippen LogP contribution in [-0.2, 0) is 5.60 Å². The minimum Gasteiger partial charge on any atom is -0.380 e. The zero-order chi connectivity index (χ0) is 19.1. The second-order valence-corrected chi connectivity index (χ2v) is 9.86. The zero-order valence-electron chi connectivity index (χ0n) is 17.0. The van der Waals surface area contributed by atoms with Gasteiger partial charge in [0.15, 0.2) is 0 Å². The lowest BCUT2D eigenvalue weighted by molar-refractivity contribution is -0.913. The Morgan fingerprint density at radius 2 is 1.36 bits per heavy atom. The Morgan fingerprint density at radius 3 is 1.89 bits per heavy atom. The van der Waals surface area contributed by atoms with Crippen LogP contribution < -0.4 is 0 Å². The van der Waals surface area contributed by atoms with E-state index in [1.165, 1.54) is 56.2 Å². The van der Waals surface area contributed by atoms with Crippen LogP contribution >= 0.6 is 0 Å². The summed E-state index contributed by atoms with van der Waals surface area (Å²) in [6.45, 7) is 4.99. The summed E-state index contributed by atoms with van der Waals surface area (Å²) in [6.07, 6.45) is 9.41. The second kappa shape index (κ2) is 7.00.